The van der Waals surface area contributed by atoms with Gasteiger partial charge in [-0.1, -0.05) is 53.9 Å². The van der Waals surface area contributed by atoms with Gasteiger partial charge in [-0.3, -0.25) is 14.4 Å². The van der Waals surface area contributed by atoms with Crippen LogP contribution in [0.3, 0.4) is 0 Å². The van der Waals surface area contributed by atoms with E-state index in [0.29, 0.717) is 5.56 Å². The second-order valence-corrected chi connectivity index (χ2v) is 9.35. The topological polar surface area (TPSA) is 59.3 Å². The smallest absolute Gasteiger partial charge is 0.255 e. The minimum absolute atomic E-state index is 0.0990. The van der Waals surface area contributed by atoms with Gasteiger partial charge in [0.15, 0.2) is 0 Å². The Morgan fingerprint density at radius 3 is 2.68 bits per heavy atom. The minimum Gasteiger partial charge on any atom is -0.322 e. The van der Waals surface area contributed by atoms with Crippen molar-refractivity contribution in [3.8, 4) is 5.69 Å². The average molecular weight is 445 g/mol. The lowest BCUT2D eigenvalue weighted by Gasteiger charge is -2.11. The summed E-state index contributed by atoms with van der Waals surface area (Å²) in [6.45, 7) is 0.889. The number of benzene rings is 3. The minimum atomic E-state index is -0.0990. The van der Waals surface area contributed by atoms with Crippen molar-refractivity contribution in [1.29, 1.82) is 0 Å². The SMILES string of the molecule is O=C(Nc1ccc(-n2cnc3ccccc32)cc1)c1ccccc1CSC1=NCCS1. The van der Waals surface area contributed by atoms with E-state index in [9.17, 15) is 4.79 Å². The molecule has 7 heteroatoms. The quantitative estimate of drug-likeness (QED) is 0.434. The summed E-state index contributed by atoms with van der Waals surface area (Å²) in [4.78, 5) is 21.9. The molecule has 1 aliphatic heterocycles. The maximum atomic E-state index is 12.9. The summed E-state index contributed by atoms with van der Waals surface area (Å²) in [5, 5.41) is 3.03. The molecule has 5 nitrogen and oxygen atoms in total. The summed E-state index contributed by atoms with van der Waals surface area (Å²) in [6.07, 6.45) is 1.82. The number of hydrogen-bond acceptors (Lipinski definition) is 5. The van der Waals surface area contributed by atoms with Gasteiger partial charge in [-0.2, -0.15) is 0 Å². The standard InChI is InChI=1S/C24H20N4OS2/c29-23(20-6-2-1-5-17(20)15-31-24-25-13-14-30-24)27-18-9-11-19(12-10-18)28-16-26-21-7-3-4-8-22(21)28/h1-12,16H,13-15H2,(H,27,29). The number of thioether (sulfide) groups is 2. The van der Waals surface area contributed by atoms with Crippen LogP contribution in [0.15, 0.2) is 84.1 Å². The molecule has 5 rings (SSSR count). The van der Waals surface area contributed by atoms with E-state index in [-0.39, 0.29) is 5.91 Å². The molecule has 1 N–H and O–H groups in total. The fourth-order valence-electron chi connectivity index (χ4n) is 3.48. The molecule has 0 atom stereocenters. The van der Waals surface area contributed by atoms with E-state index in [1.807, 2.05) is 83.7 Å². The van der Waals surface area contributed by atoms with Crippen molar-refractivity contribution >= 4 is 50.5 Å². The van der Waals surface area contributed by atoms with Gasteiger partial charge in [0.1, 0.15) is 10.7 Å². The lowest BCUT2D eigenvalue weighted by Crippen LogP contribution is -2.14. The predicted molar refractivity (Wildman–Crippen MR) is 132 cm³/mol. The van der Waals surface area contributed by atoms with Crippen molar-refractivity contribution in [2.75, 3.05) is 17.6 Å². The first kappa shape index (κ1) is 19.9. The van der Waals surface area contributed by atoms with E-state index >= 15 is 0 Å². The number of fused-ring (bicyclic) bond motifs is 1. The highest BCUT2D eigenvalue weighted by atomic mass is 32.2. The van der Waals surface area contributed by atoms with Gasteiger partial charge in [-0.05, 0) is 48.0 Å². The summed E-state index contributed by atoms with van der Waals surface area (Å²) in [7, 11) is 0. The van der Waals surface area contributed by atoms with Crippen molar-refractivity contribution in [2.24, 2.45) is 4.99 Å². The van der Waals surface area contributed by atoms with Crippen LogP contribution in [0.4, 0.5) is 5.69 Å². The number of carbonyl (C=O) groups excluding carboxylic acids is 1. The van der Waals surface area contributed by atoms with Crippen LogP contribution < -0.4 is 5.32 Å². The second-order valence-electron chi connectivity index (χ2n) is 7.05. The maximum Gasteiger partial charge on any atom is 0.255 e. The van der Waals surface area contributed by atoms with Gasteiger partial charge < -0.3 is 5.32 Å². The lowest BCUT2D eigenvalue weighted by atomic mass is 10.1. The van der Waals surface area contributed by atoms with Crippen LogP contribution in [0, 0.1) is 0 Å². The fourth-order valence-corrected chi connectivity index (χ4v) is 5.49. The highest BCUT2D eigenvalue weighted by molar-refractivity contribution is 8.38. The monoisotopic (exact) mass is 444 g/mol. The number of anilines is 1. The molecule has 0 fully saturated rings. The number of para-hydroxylation sites is 2. The summed E-state index contributed by atoms with van der Waals surface area (Å²) in [6, 6.07) is 23.6. The van der Waals surface area contributed by atoms with Crippen LogP contribution in [0.5, 0.6) is 0 Å². The van der Waals surface area contributed by atoms with Crippen LogP contribution in [-0.2, 0) is 5.75 Å². The fraction of sp³-hybridized carbons (Fsp3) is 0.125. The van der Waals surface area contributed by atoms with Gasteiger partial charge in [0.25, 0.3) is 5.91 Å². The molecule has 0 bridgehead atoms. The summed E-state index contributed by atoms with van der Waals surface area (Å²) < 4.78 is 3.15. The molecule has 4 aromatic rings. The predicted octanol–water partition coefficient (Wildman–Crippen LogP) is 5.61. The number of imidazole rings is 1. The Kier molecular flexibility index (Phi) is 5.78. The third-order valence-electron chi connectivity index (χ3n) is 5.03. The van der Waals surface area contributed by atoms with E-state index in [0.717, 1.165) is 50.4 Å². The first-order valence-corrected chi connectivity index (χ1v) is 12.0. The Bertz CT molecular complexity index is 1260. The number of nitrogens with one attached hydrogen (secondary N) is 1. The molecule has 0 saturated carbocycles. The molecule has 3 aromatic carbocycles. The molecule has 0 radical (unpaired) electrons. The maximum absolute atomic E-state index is 12.9. The van der Waals surface area contributed by atoms with Gasteiger partial charge in [0, 0.05) is 28.4 Å². The van der Waals surface area contributed by atoms with E-state index in [1.54, 1.807) is 23.5 Å². The first-order valence-electron chi connectivity index (χ1n) is 10.00. The molecule has 1 aromatic heterocycles. The zero-order valence-corrected chi connectivity index (χ0v) is 18.3. The van der Waals surface area contributed by atoms with Crippen LogP contribution in [-0.4, -0.2) is 32.1 Å². The Balaban J connectivity index is 1.31. The largest absolute Gasteiger partial charge is 0.322 e. The van der Waals surface area contributed by atoms with Crippen LogP contribution in [0.1, 0.15) is 15.9 Å². The number of hydrogen-bond donors (Lipinski definition) is 1. The molecule has 2 heterocycles. The highest BCUT2D eigenvalue weighted by Crippen LogP contribution is 2.27. The first-order chi connectivity index (χ1) is 15.3. The number of aliphatic imine (C=N–C) groups is 1. The van der Waals surface area contributed by atoms with Crippen LogP contribution >= 0.6 is 23.5 Å². The third kappa shape index (κ3) is 4.38. The third-order valence-corrected chi connectivity index (χ3v) is 7.33. The number of carbonyl (C=O) groups is 1. The summed E-state index contributed by atoms with van der Waals surface area (Å²) >= 11 is 3.49. The Labute approximate surface area is 189 Å². The van der Waals surface area contributed by atoms with Crippen molar-refractivity contribution in [3.05, 3.63) is 90.3 Å². The number of aromatic nitrogens is 2. The zero-order valence-electron chi connectivity index (χ0n) is 16.7. The van der Waals surface area contributed by atoms with Crippen molar-refractivity contribution in [2.45, 2.75) is 5.75 Å². The molecule has 0 saturated heterocycles. The molecule has 154 valence electrons. The summed E-state index contributed by atoms with van der Waals surface area (Å²) in [5.41, 5.74) is 5.48. The summed E-state index contributed by atoms with van der Waals surface area (Å²) in [5.74, 6) is 1.69. The van der Waals surface area contributed by atoms with Crippen LogP contribution in [0.25, 0.3) is 16.7 Å². The van der Waals surface area contributed by atoms with E-state index in [2.05, 4.69) is 15.3 Å². The van der Waals surface area contributed by atoms with Gasteiger partial charge in [-0.25, -0.2) is 4.98 Å². The number of amides is 1. The van der Waals surface area contributed by atoms with Gasteiger partial charge in [-0.15, -0.1) is 0 Å². The average Bonchev–Trinajstić information content (AvgIpc) is 3.48. The van der Waals surface area contributed by atoms with Gasteiger partial charge in [0.2, 0.25) is 0 Å². The second kappa shape index (κ2) is 8.99. The Morgan fingerprint density at radius 2 is 1.84 bits per heavy atom. The van der Waals surface area contributed by atoms with Crippen molar-refractivity contribution in [3.63, 3.8) is 0 Å². The van der Waals surface area contributed by atoms with Gasteiger partial charge in [0.05, 0.1) is 17.6 Å². The van der Waals surface area contributed by atoms with Crippen molar-refractivity contribution in [1.82, 2.24) is 9.55 Å². The van der Waals surface area contributed by atoms with E-state index in [1.165, 1.54) is 0 Å². The molecule has 0 spiro atoms. The molecular formula is C24H20N4OS2. The molecular weight excluding hydrogens is 424 g/mol. The van der Waals surface area contributed by atoms with E-state index < -0.39 is 0 Å². The molecule has 1 aliphatic rings. The zero-order chi connectivity index (χ0) is 21.0. The Hall–Kier alpha value is -3.03. The lowest BCUT2D eigenvalue weighted by molar-refractivity contribution is 0.102. The van der Waals surface area contributed by atoms with Crippen LogP contribution in [0.2, 0.25) is 0 Å². The normalized spacial score (nSPS) is 13.4. The molecule has 0 unspecified atom stereocenters. The highest BCUT2D eigenvalue weighted by Gasteiger charge is 2.14. The number of rotatable bonds is 5. The van der Waals surface area contributed by atoms with Gasteiger partial charge >= 0.3 is 0 Å². The molecule has 0 aliphatic carbocycles. The number of nitrogens with zero attached hydrogens (tertiary/aromatic N) is 3. The van der Waals surface area contributed by atoms with E-state index in [4.69, 9.17) is 0 Å². The van der Waals surface area contributed by atoms with Crippen molar-refractivity contribution < 1.29 is 4.79 Å². The molecule has 31 heavy (non-hydrogen) atoms. The molecule has 1 amide bonds. The Morgan fingerprint density at radius 1 is 1.03 bits per heavy atom.